The Morgan fingerprint density at radius 1 is 1.54 bits per heavy atom. The van der Waals surface area contributed by atoms with E-state index in [1.165, 1.54) is 19.3 Å². The highest BCUT2D eigenvalue weighted by atomic mass is 19.1. The van der Waals surface area contributed by atoms with Crippen LogP contribution in [0.1, 0.15) is 5.56 Å². The van der Waals surface area contributed by atoms with Gasteiger partial charge < -0.3 is 4.74 Å². The monoisotopic (exact) mass is 181 g/mol. The van der Waals surface area contributed by atoms with E-state index in [4.69, 9.17) is 4.74 Å². The molecule has 0 aromatic heterocycles. The minimum absolute atomic E-state index is 0.0334. The second-order valence-electron chi connectivity index (χ2n) is 2.50. The Morgan fingerprint density at radius 3 is 2.77 bits per heavy atom. The van der Waals surface area contributed by atoms with E-state index in [-0.39, 0.29) is 11.4 Å². The van der Waals surface area contributed by atoms with Gasteiger partial charge in [-0.15, -0.1) is 0 Å². The Hall–Kier alpha value is -1.67. The summed E-state index contributed by atoms with van der Waals surface area (Å²) in [7, 11) is 1.32. The van der Waals surface area contributed by atoms with Crippen LogP contribution < -0.4 is 4.74 Å². The van der Waals surface area contributed by atoms with Gasteiger partial charge in [0.25, 0.3) is 0 Å². The van der Waals surface area contributed by atoms with E-state index in [0.29, 0.717) is 5.56 Å². The molecule has 3 nitrogen and oxygen atoms in total. The molecule has 0 aliphatic rings. The van der Waals surface area contributed by atoms with Crippen molar-refractivity contribution < 1.29 is 13.9 Å². The second-order valence-corrected chi connectivity index (χ2v) is 2.50. The number of halogens is 1. The second kappa shape index (κ2) is 3.83. The fourth-order valence-electron chi connectivity index (χ4n) is 1.04. The molecule has 13 heavy (non-hydrogen) atoms. The molecule has 0 aliphatic carbocycles. The van der Waals surface area contributed by atoms with Crippen LogP contribution in [0.15, 0.2) is 17.1 Å². The summed E-state index contributed by atoms with van der Waals surface area (Å²) < 4.78 is 17.9. The van der Waals surface area contributed by atoms with Gasteiger partial charge in [-0.3, -0.25) is 0 Å². The number of aryl methyl sites for hydroxylation is 1. The van der Waals surface area contributed by atoms with Gasteiger partial charge in [0.05, 0.1) is 7.11 Å². The van der Waals surface area contributed by atoms with E-state index in [1.54, 1.807) is 13.0 Å². The molecule has 0 atom stereocenters. The van der Waals surface area contributed by atoms with E-state index < -0.39 is 5.82 Å². The van der Waals surface area contributed by atoms with E-state index in [0.717, 1.165) is 0 Å². The Balaban J connectivity index is 3.37. The topological polar surface area (TPSA) is 38.7 Å². The van der Waals surface area contributed by atoms with E-state index in [9.17, 15) is 9.18 Å². The number of isocyanates is 1. The van der Waals surface area contributed by atoms with Crippen LogP contribution in [0.25, 0.3) is 0 Å². The predicted octanol–water partition coefficient (Wildman–Crippen LogP) is 2.11. The summed E-state index contributed by atoms with van der Waals surface area (Å²) in [6.07, 6.45) is 1.34. The Labute approximate surface area is 74.9 Å². The lowest BCUT2D eigenvalue weighted by Crippen LogP contribution is -1.89. The van der Waals surface area contributed by atoms with Crippen LogP contribution in [0.4, 0.5) is 10.1 Å². The summed E-state index contributed by atoms with van der Waals surface area (Å²) >= 11 is 0. The first-order valence-electron chi connectivity index (χ1n) is 3.61. The van der Waals surface area contributed by atoms with Crippen molar-refractivity contribution in [3.8, 4) is 5.75 Å². The average Bonchev–Trinajstić information content (AvgIpc) is 2.04. The number of rotatable bonds is 2. The first kappa shape index (κ1) is 9.42. The highest BCUT2D eigenvalue weighted by molar-refractivity contribution is 5.59. The zero-order valence-electron chi connectivity index (χ0n) is 7.30. The lowest BCUT2D eigenvalue weighted by molar-refractivity contribution is 0.388. The molecule has 0 spiro atoms. The first-order valence-corrected chi connectivity index (χ1v) is 3.61. The molecule has 1 rings (SSSR count). The molecule has 1 aromatic carbocycles. The lowest BCUT2D eigenvalue weighted by atomic mass is 10.2. The molecule has 1 aromatic rings. The molecule has 0 saturated heterocycles. The third-order valence-corrected chi connectivity index (χ3v) is 1.54. The standard InChI is InChI=1S/C9H8FNO2/c1-6-3-7(10)9(13-2)8(4-6)11-5-12/h3-4H,1-2H3. The molecule has 0 N–H and O–H groups in total. The molecule has 0 fully saturated rings. The summed E-state index contributed by atoms with van der Waals surface area (Å²) in [4.78, 5) is 13.3. The maximum atomic E-state index is 13.1. The predicted molar refractivity (Wildman–Crippen MR) is 45.5 cm³/mol. The third-order valence-electron chi connectivity index (χ3n) is 1.54. The normalized spacial score (nSPS) is 9.15. The number of ether oxygens (including phenoxy) is 1. The smallest absolute Gasteiger partial charge is 0.240 e. The zero-order valence-corrected chi connectivity index (χ0v) is 7.30. The molecule has 0 heterocycles. The van der Waals surface area contributed by atoms with Gasteiger partial charge in [0.1, 0.15) is 5.69 Å². The van der Waals surface area contributed by atoms with E-state index >= 15 is 0 Å². The minimum Gasteiger partial charge on any atom is -0.491 e. The SMILES string of the molecule is COc1c(F)cc(C)cc1N=C=O. The van der Waals surface area contributed by atoms with Crippen molar-refractivity contribution in [1.82, 2.24) is 0 Å². The van der Waals surface area contributed by atoms with Crippen molar-refractivity contribution in [1.29, 1.82) is 0 Å². The van der Waals surface area contributed by atoms with Crippen molar-refractivity contribution in [2.75, 3.05) is 7.11 Å². The zero-order chi connectivity index (χ0) is 9.84. The summed E-state index contributed by atoms with van der Waals surface area (Å²) in [5.41, 5.74) is 0.835. The highest BCUT2D eigenvalue weighted by Crippen LogP contribution is 2.30. The van der Waals surface area contributed by atoms with Gasteiger partial charge in [-0.1, -0.05) is 0 Å². The van der Waals surface area contributed by atoms with Gasteiger partial charge in [-0.05, 0) is 24.6 Å². The van der Waals surface area contributed by atoms with Gasteiger partial charge in [0.2, 0.25) is 6.08 Å². The van der Waals surface area contributed by atoms with Gasteiger partial charge in [-0.2, -0.15) is 4.99 Å². The average molecular weight is 181 g/mol. The summed E-state index contributed by atoms with van der Waals surface area (Å²) in [5, 5.41) is 0. The van der Waals surface area contributed by atoms with Crippen LogP contribution in [-0.4, -0.2) is 13.2 Å². The van der Waals surface area contributed by atoms with Crippen molar-refractivity contribution in [2.24, 2.45) is 4.99 Å². The van der Waals surface area contributed by atoms with Crippen LogP contribution in [0.2, 0.25) is 0 Å². The molecular formula is C9H8FNO2. The molecule has 0 bridgehead atoms. The molecule has 0 unspecified atom stereocenters. The third kappa shape index (κ3) is 1.92. The van der Waals surface area contributed by atoms with Gasteiger partial charge in [0.15, 0.2) is 11.6 Å². The molecule has 0 amide bonds. The largest absolute Gasteiger partial charge is 0.491 e. The molecule has 0 saturated carbocycles. The Morgan fingerprint density at radius 2 is 2.23 bits per heavy atom. The van der Waals surface area contributed by atoms with Crippen molar-refractivity contribution in [3.05, 3.63) is 23.5 Å². The Kier molecular flexibility index (Phi) is 2.77. The summed E-state index contributed by atoms with van der Waals surface area (Å²) in [6.45, 7) is 1.70. The van der Waals surface area contributed by atoms with E-state index in [1.807, 2.05) is 0 Å². The number of methoxy groups -OCH3 is 1. The number of nitrogens with zero attached hydrogens (tertiary/aromatic N) is 1. The highest BCUT2D eigenvalue weighted by Gasteiger charge is 2.09. The number of benzene rings is 1. The molecule has 0 radical (unpaired) electrons. The van der Waals surface area contributed by atoms with Crippen LogP contribution in [0, 0.1) is 12.7 Å². The first-order chi connectivity index (χ1) is 6.19. The number of hydrogen-bond donors (Lipinski definition) is 0. The van der Waals surface area contributed by atoms with Gasteiger partial charge in [-0.25, -0.2) is 9.18 Å². The van der Waals surface area contributed by atoms with Crippen LogP contribution in [0.3, 0.4) is 0 Å². The molecule has 4 heteroatoms. The summed E-state index contributed by atoms with van der Waals surface area (Å²) in [6, 6.07) is 2.86. The number of hydrogen-bond acceptors (Lipinski definition) is 3. The Bertz CT molecular complexity index is 370. The van der Waals surface area contributed by atoms with Crippen molar-refractivity contribution in [2.45, 2.75) is 6.92 Å². The quantitative estimate of drug-likeness (QED) is 0.517. The fourth-order valence-corrected chi connectivity index (χ4v) is 1.04. The molecule has 0 aliphatic heterocycles. The summed E-state index contributed by atoms with van der Waals surface area (Å²) in [5.74, 6) is -0.564. The minimum atomic E-state index is -0.531. The maximum Gasteiger partial charge on any atom is 0.240 e. The fraction of sp³-hybridized carbons (Fsp3) is 0.222. The maximum absolute atomic E-state index is 13.1. The number of carbonyl (C=O) groups excluding carboxylic acids is 1. The van der Waals surface area contributed by atoms with Gasteiger partial charge >= 0.3 is 0 Å². The van der Waals surface area contributed by atoms with Crippen molar-refractivity contribution in [3.63, 3.8) is 0 Å². The van der Waals surface area contributed by atoms with Crippen LogP contribution >= 0.6 is 0 Å². The molecular weight excluding hydrogens is 173 g/mol. The van der Waals surface area contributed by atoms with Crippen LogP contribution in [0.5, 0.6) is 5.75 Å². The number of aliphatic imine (C=N–C) groups is 1. The van der Waals surface area contributed by atoms with Crippen LogP contribution in [-0.2, 0) is 4.79 Å². The van der Waals surface area contributed by atoms with Gasteiger partial charge in [0, 0.05) is 0 Å². The molecule has 68 valence electrons. The van der Waals surface area contributed by atoms with E-state index in [2.05, 4.69) is 4.99 Å². The van der Waals surface area contributed by atoms with Crippen molar-refractivity contribution >= 4 is 11.8 Å². The lowest BCUT2D eigenvalue weighted by Gasteiger charge is -2.04.